The second-order valence-corrected chi connectivity index (χ2v) is 7.63. The van der Waals surface area contributed by atoms with Crippen LogP contribution >= 0.6 is 0 Å². The van der Waals surface area contributed by atoms with Crippen LogP contribution in [0.1, 0.15) is 35.1 Å². The quantitative estimate of drug-likeness (QED) is 0.731. The van der Waals surface area contributed by atoms with E-state index in [0.29, 0.717) is 26.1 Å². The topological polar surface area (TPSA) is 41.9 Å². The first-order valence-electron chi connectivity index (χ1n) is 9.84. The van der Waals surface area contributed by atoms with Gasteiger partial charge in [-0.3, -0.25) is 4.90 Å². The van der Waals surface area contributed by atoms with Gasteiger partial charge in [0.15, 0.2) is 0 Å². The Kier molecular flexibility index (Phi) is 6.70. The molecule has 0 atom stereocenters. The summed E-state index contributed by atoms with van der Waals surface area (Å²) in [6.07, 6.45) is 1.30. The molecule has 152 valence electrons. The van der Waals surface area contributed by atoms with Crippen molar-refractivity contribution in [3.63, 3.8) is 0 Å². The zero-order valence-electron chi connectivity index (χ0n) is 17.0. The fourth-order valence-electron chi connectivity index (χ4n) is 3.79. The summed E-state index contributed by atoms with van der Waals surface area (Å²) in [5.74, 6) is 0.632. The molecule has 1 aliphatic rings. The van der Waals surface area contributed by atoms with Gasteiger partial charge in [-0.2, -0.15) is 0 Å². The Morgan fingerprint density at radius 2 is 1.68 bits per heavy atom. The van der Waals surface area contributed by atoms with Gasteiger partial charge in [-0.15, -0.1) is 0 Å². The Morgan fingerprint density at radius 1 is 1.00 bits per heavy atom. The predicted octanol–water partition coefficient (Wildman–Crippen LogP) is 3.95. The molecule has 2 aromatic carbocycles. The lowest BCUT2D eigenvalue weighted by atomic mass is 9.84. The van der Waals surface area contributed by atoms with Crippen molar-refractivity contribution in [3.05, 3.63) is 64.5 Å². The number of hydrogen-bond donors (Lipinski definition) is 1. The molecule has 5 heteroatoms. The van der Waals surface area contributed by atoms with Gasteiger partial charge in [0.05, 0.1) is 12.2 Å². The molecular weight excluding hydrogens is 357 g/mol. The number of benzene rings is 2. The van der Waals surface area contributed by atoms with Crippen LogP contribution in [-0.4, -0.2) is 43.4 Å². The highest BCUT2D eigenvalue weighted by Gasteiger charge is 2.34. The third-order valence-electron chi connectivity index (χ3n) is 5.85. The average molecular weight is 387 g/mol. The molecule has 3 rings (SSSR count). The summed E-state index contributed by atoms with van der Waals surface area (Å²) in [5.41, 5.74) is 3.62. The Labute approximate surface area is 166 Å². The molecule has 1 aliphatic heterocycles. The molecule has 2 aromatic rings. The number of nitrogens with zero attached hydrogens (tertiary/aromatic N) is 1. The van der Waals surface area contributed by atoms with Crippen molar-refractivity contribution in [1.82, 2.24) is 4.90 Å². The normalized spacial score (nSPS) is 16.9. The van der Waals surface area contributed by atoms with Crippen LogP contribution in [0.5, 0.6) is 5.75 Å². The molecule has 0 amide bonds. The van der Waals surface area contributed by atoms with Crippen molar-refractivity contribution in [1.29, 1.82) is 0 Å². The van der Waals surface area contributed by atoms with E-state index >= 15 is 0 Å². The summed E-state index contributed by atoms with van der Waals surface area (Å²) in [7, 11) is 1.67. The Balaban J connectivity index is 1.61. The number of halogens is 1. The third-order valence-corrected chi connectivity index (χ3v) is 5.85. The van der Waals surface area contributed by atoms with Crippen molar-refractivity contribution in [2.24, 2.45) is 0 Å². The maximum absolute atomic E-state index is 13.2. The van der Waals surface area contributed by atoms with Gasteiger partial charge in [-0.1, -0.05) is 18.2 Å². The number of ether oxygens (including phenoxy) is 2. The summed E-state index contributed by atoms with van der Waals surface area (Å²) in [6, 6.07) is 10.4. The Hall–Kier alpha value is -1.95. The molecule has 1 heterocycles. The summed E-state index contributed by atoms with van der Waals surface area (Å²) >= 11 is 0. The highest BCUT2D eigenvalue weighted by Crippen LogP contribution is 2.34. The molecule has 0 saturated carbocycles. The van der Waals surface area contributed by atoms with E-state index in [1.165, 1.54) is 23.3 Å². The second-order valence-electron chi connectivity index (χ2n) is 7.63. The first kappa shape index (κ1) is 20.8. The van der Waals surface area contributed by atoms with Gasteiger partial charge >= 0.3 is 0 Å². The number of likely N-dealkylation sites (tertiary alicyclic amines) is 1. The zero-order chi connectivity index (χ0) is 20.1. The third kappa shape index (κ3) is 4.72. The molecule has 0 unspecified atom stereocenters. The largest absolute Gasteiger partial charge is 0.491 e. The molecule has 0 radical (unpaired) electrons. The highest BCUT2D eigenvalue weighted by atomic mass is 19.1. The molecule has 1 fully saturated rings. The summed E-state index contributed by atoms with van der Waals surface area (Å²) in [5, 5.41) is 11.0. The number of hydrogen-bond acceptors (Lipinski definition) is 4. The van der Waals surface area contributed by atoms with Gasteiger partial charge in [0.25, 0.3) is 0 Å². The maximum Gasteiger partial charge on any atom is 0.123 e. The molecule has 4 nitrogen and oxygen atoms in total. The van der Waals surface area contributed by atoms with E-state index in [2.05, 4.69) is 24.8 Å². The minimum atomic E-state index is -0.867. The molecule has 1 N–H and O–H groups in total. The first-order chi connectivity index (χ1) is 13.4. The van der Waals surface area contributed by atoms with Gasteiger partial charge in [0.2, 0.25) is 0 Å². The molecule has 0 bridgehead atoms. The number of rotatable bonds is 7. The van der Waals surface area contributed by atoms with E-state index in [-0.39, 0.29) is 5.82 Å². The molecule has 0 aliphatic carbocycles. The van der Waals surface area contributed by atoms with Gasteiger partial charge in [0, 0.05) is 26.7 Å². The van der Waals surface area contributed by atoms with Crippen LogP contribution in [0.3, 0.4) is 0 Å². The van der Waals surface area contributed by atoms with Crippen LogP contribution in [0.2, 0.25) is 0 Å². The predicted molar refractivity (Wildman–Crippen MR) is 108 cm³/mol. The maximum atomic E-state index is 13.2. The first-order valence-corrected chi connectivity index (χ1v) is 9.84. The van der Waals surface area contributed by atoms with Crippen LogP contribution in [0, 0.1) is 19.7 Å². The lowest BCUT2D eigenvalue weighted by Gasteiger charge is -2.38. The monoisotopic (exact) mass is 387 g/mol. The van der Waals surface area contributed by atoms with Crippen molar-refractivity contribution in [3.8, 4) is 5.75 Å². The van der Waals surface area contributed by atoms with E-state index < -0.39 is 5.60 Å². The molecule has 28 heavy (non-hydrogen) atoms. The zero-order valence-corrected chi connectivity index (χ0v) is 17.0. The minimum Gasteiger partial charge on any atom is -0.491 e. The minimum absolute atomic E-state index is 0.273. The second kappa shape index (κ2) is 9.03. The van der Waals surface area contributed by atoms with Crippen LogP contribution < -0.4 is 4.74 Å². The van der Waals surface area contributed by atoms with Crippen LogP contribution in [0.15, 0.2) is 36.4 Å². The fraction of sp³-hybridized carbons (Fsp3) is 0.478. The summed E-state index contributed by atoms with van der Waals surface area (Å²) in [6.45, 7) is 7.80. The van der Waals surface area contributed by atoms with E-state index in [9.17, 15) is 9.50 Å². The summed E-state index contributed by atoms with van der Waals surface area (Å²) in [4.78, 5) is 2.37. The SMILES string of the molecule is COCCOc1ccc(CN2CCC(O)(c3ccc(F)cc3)CC2)c(C)c1C. The smallest absolute Gasteiger partial charge is 0.123 e. The van der Waals surface area contributed by atoms with Crippen molar-refractivity contribution >= 4 is 0 Å². The number of piperidine rings is 1. The van der Waals surface area contributed by atoms with E-state index in [1.54, 1.807) is 19.2 Å². The molecular formula is C23H30FNO3. The molecule has 1 saturated heterocycles. The highest BCUT2D eigenvalue weighted by molar-refractivity contribution is 5.43. The molecule has 0 spiro atoms. The summed E-state index contributed by atoms with van der Waals surface area (Å²) < 4.78 is 24.0. The van der Waals surface area contributed by atoms with Crippen molar-refractivity contribution in [2.75, 3.05) is 33.4 Å². The van der Waals surface area contributed by atoms with E-state index in [4.69, 9.17) is 9.47 Å². The van der Waals surface area contributed by atoms with E-state index in [1.807, 2.05) is 6.07 Å². The lowest BCUT2D eigenvalue weighted by Crippen LogP contribution is -2.42. The number of aliphatic hydroxyl groups is 1. The van der Waals surface area contributed by atoms with Gasteiger partial charge in [-0.25, -0.2) is 4.39 Å². The Bertz CT molecular complexity index is 783. The van der Waals surface area contributed by atoms with Crippen molar-refractivity contribution in [2.45, 2.75) is 38.8 Å². The van der Waals surface area contributed by atoms with Crippen LogP contribution in [0.25, 0.3) is 0 Å². The average Bonchev–Trinajstić information content (AvgIpc) is 2.69. The van der Waals surface area contributed by atoms with Crippen LogP contribution in [0.4, 0.5) is 4.39 Å². The van der Waals surface area contributed by atoms with Gasteiger partial charge in [-0.05, 0) is 67.1 Å². The van der Waals surface area contributed by atoms with E-state index in [0.717, 1.165) is 36.5 Å². The van der Waals surface area contributed by atoms with Crippen molar-refractivity contribution < 1.29 is 19.0 Å². The Morgan fingerprint density at radius 3 is 2.32 bits per heavy atom. The van der Waals surface area contributed by atoms with Gasteiger partial charge < -0.3 is 14.6 Å². The number of methoxy groups -OCH3 is 1. The standard InChI is InChI=1S/C23H30FNO3/c1-17-18(2)22(28-15-14-27-3)9-4-19(17)16-25-12-10-23(26,11-13-25)20-5-7-21(24)8-6-20/h4-9,26H,10-16H2,1-3H3. The fourth-order valence-corrected chi connectivity index (χ4v) is 3.79. The lowest BCUT2D eigenvalue weighted by molar-refractivity contribution is -0.0278. The molecule has 0 aromatic heterocycles. The van der Waals surface area contributed by atoms with Crippen LogP contribution in [-0.2, 0) is 16.9 Å². The van der Waals surface area contributed by atoms with Gasteiger partial charge in [0.1, 0.15) is 18.2 Å².